The van der Waals surface area contributed by atoms with Crippen LogP contribution in [0.5, 0.6) is 11.5 Å². The highest BCUT2D eigenvalue weighted by molar-refractivity contribution is 5.97. The fourth-order valence-corrected chi connectivity index (χ4v) is 3.24. The summed E-state index contributed by atoms with van der Waals surface area (Å²) in [5.74, 6) is 1.13. The number of carbonyl (C=O) groups excluding carboxylic acids is 1. The van der Waals surface area contributed by atoms with Crippen LogP contribution in [-0.4, -0.2) is 31.3 Å². The summed E-state index contributed by atoms with van der Waals surface area (Å²) < 4.78 is 10.5. The van der Waals surface area contributed by atoms with E-state index in [0.29, 0.717) is 29.9 Å². The van der Waals surface area contributed by atoms with E-state index in [2.05, 4.69) is 5.32 Å². The standard InChI is InChI=1S/C20H23NO4/c1-24-16-8-9-17(18(12-16)25-2)20(23)21-19(14-10-15(22)11-14)13-6-4-3-5-7-13/h3-9,12,14-15,19,22H,10-11H2,1-2H3,(H,21,23)/t14?,15?,19-/m0/s1. The SMILES string of the molecule is COc1ccc(C(=O)N[C@@H](c2ccccc2)C2CC(O)C2)c(OC)c1. The minimum atomic E-state index is -0.274. The first-order valence-corrected chi connectivity index (χ1v) is 8.38. The molecule has 132 valence electrons. The Balaban J connectivity index is 1.83. The molecule has 2 aromatic carbocycles. The molecule has 0 aliphatic heterocycles. The number of aliphatic hydroxyl groups excluding tert-OH is 1. The van der Waals surface area contributed by atoms with Gasteiger partial charge in [0.15, 0.2) is 0 Å². The van der Waals surface area contributed by atoms with Crippen LogP contribution in [0.3, 0.4) is 0 Å². The van der Waals surface area contributed by atoms with Crippen molar-refractivity contribution in [3.8, 4) is 11.5 Å². The van der Waals surface area contributed by atoms with Crippen LogP contribution < -0.4 is 14.8 Å². The molecular weight excluding hydrogens is 318 g/mol. The first kappa shape index (κ1) is 17.3. The summed E-state index contributed by atoms with van der Waals surface area (Å²) >= 11 is 0. The van der Waals surface area contributed by atoms with Crippen LogP contribution in [0, 0.1) is 5.92 Å². The molecular formula is C20H23NO4. The number of aliphatic hydroxyl groups is 1. The number of methoxy groups -OCH3 is 2. The van der Waals surface area contributed by atoms with Gasteiger partial charge in [0.2, 0.25) is 0 Å². The van der Waals surface area contributed by atoms with E-state index in [1.807, 2.05) is 30.3 Å². The minimum Gasteiger partial charge on any atom is -0.497 e. The lowest BCUT2D eigenvalue weighted by atomic mass is 9.75. The molecule has 0 saturated heterocycles. The van der Waals surface area contributed by atoms with Crippen LogP contribution in [0.25, 0.3) is 0 Å². The number of carbonyl (C=O) groups is 1. The van der Waals surface area contributed by atoms with E-state index in [9.17, 15) is 9.90 Å². The molecule has 2 aromatic rings. The smallest absolute Gasteiger partial charge is 0.255 e. The Morgan fingerprint density at radius 1 is 1.12 bits per heavy atom. The van der Waals surface area contributed by atoms with Gasteiger partial charge in [-0.2, -0.15) is 0 Å². The van der Waals surface area contributed by atoms with Crippen LogP contribution in [0.1, 0.15) is 34.8 Å². The van der Waals surface area contributed by atoms with E-state index in [1.54, 1.807) is 25.3 Å². The average molecular weight is 341 g/mol. The molecule has 0 spiro atoms. The van der Waals surface area contributed by atoms with E-state index in [1.165, 1.54) is 7.11 Å². The predicted octanol–water partition coefficient (Wildman–Crippen LogP) is 2.95. The zero-order chi connectivity index (χ0) is 17.8. The molecule has 2 N–H and O–H groups in total. The van der Waals surface area contributed by atoms with Crippen LogP contribution >= 0.6 is 0 Å². The third-order valence-electron chi connectivity index (χ3n) is 4.72. The van der Waals surface area contributed by atoms with Crippen molar-refractivity contribution in [2.75, 3.05) is 14.2 Å². The summed E-state index contributed by atoms with van der Waals surface area (Å²) in [4.78, 5) is 12.8. The summed E-state index contributed by atoms with van der Waals surface area (Å²) in [5, 5.41) is 12.8. The van der Waals surface area contributed by atoms with Crippen LogP contribution in [-0.2, 0) is 0 Å². The maximum atomic E-state index is 12.8. The second kappa shape index (κ2) is 7.57. The molecule has 1 amide bonds. The third kappa shape index (κ3) is 3.77. The van der Waals surface area contributed by atoms with Gasteiger partial charge in [0.1, 0.15) is 11.5 Å². The molecule has 3 rings (SSSR count). The molecule has 5 heteroatoms. The number of amides is 1. The van der Waals surface area contributed by atoms with Gasteiger partial charge in [0, 0.05) is 6.07 Å². The minimum absolute atomic E-state index is 0.135. The van der Waals surface area contributed by atoms with Gasteiger partial charge < -0.3 is 19.9 Å². The van der Waals surface area contributed by atoms with E-state index in [0.717, 1.165) is 5.56 Å². The highest BCUT2D eigenvalue weighted by Gasteiger charge is 2.36. The van der Waals surface area contributed by atoms with Crippen molar-refractivity contribution in [2.45, 2.75) is 25.0 Å². The second-order valence-electron chi connectivity index (χ2n) is 6.31. The molecule has 1 fully saturated rings. The van der Waals surface area contributed by atoms with Gasteiger partial charge in [-0.25, -0.2) is 0 Å². The predicted molar refractivity (Wildman–Crippen MR) is 94.9 cm³/mol. The molecule has 1 aliphatic carbocycles. The third-order valence-corrected chi connectivity index (χ3v) is 4.72. The first-order chi connectivity index (χ1) is 12.1. The maximum absolute atomic E-state index is 12.8. The molecule has 0 aromatic heterocycles. The molecule has 0 heterocycles. The lowest BCUT2D eigenvalue weighted by Crippen LogP contribution is -2.41. The van der Waals surface area contributed by atoms with Gasteiger partial charge in [-0.1, -0.05) is 30.3 Å². The Labute approximate surface area is 147 Å². The zero-order valence-corrected chi connectivity index (χ0v) is 14.4. The molecule has 5 nitrogen and oxygen atoms in total. The number of rotatable bonds is 6. The number of ether oxygens (including phenoxy) is 2. The summed E-state index contributed by atoms with van der Waals surface area (Å²) in [6, 6.07) is 14.9. The molecule has 1 saturated carbocycles. The van der Waals surface area contributed by atoms with Gasteiger partial charge in [-0.15, -0.1) is 0 Å². The van der Waals surface area contributed by atoms with Crippen molar-refractivity contribution in [3.05, 3.63) is 59.7 Å². The topological polar surface area (TPSA) is 67.8 Å². The van der Waals surface area contributed by atoms with Crippen molar-refractivity contribution in [2.24, 2.45) is 5.92 Å². The van der Waals surface area contributed by atoms with E-state index >= 15 is 0 Å². The summed E-state index contributed by atoms with van der Waals surface area (Å²) in [6.45, 7) is 0. The van der Waals surface area contributed by atoms with Gasteiger partial charge in [-0.3, -0.25) is 4.79 Å². The van der Waals surface area contributed by atoms with Crippen LogP contribution in [0.4, 0.5) is 0 Å². The van der Waals surface area contributed by atoms with Crippen LogP contribution in [0.2, 0.25) is 0 Å². The Hall–Kier alpha value is -2.53. The van der Waals surface area contributed by atoms with E-state index < -0.39 is 0 Å². The molecule has 1 aliphatic rings. The molecule has 0 bridgehead atoms. The Bertz CT molecular complexity index is 726. The molecule has 25 heavy (non-hydrogen) atoms. The van der Waals surface area contributed by atoms with Crippen molar-refractivity contribution < 1.29 is 19.4 Å². The highest BCUT2D eigenvalue weighted by atomic mass is 16.5. The molecule has 1 atom stereocenters. The van der Waals surface area contributed by atoms with Crippen molar-refractivity contribution in [1.82, 2.24) is 5.32 Å². The van der Waals surface area contributed by atoms with Gasteiger partial charge in [0.25, 0.3) is 5.91 Å². The summed E-state index contributed by atoms with van der Waals surface area (Å²) in [5.41, 5.74) is 1.50. The maximum Gasteiger partial charge on any atom is 0.255 e. The number of nitrogens with one attached hydrogen (secondary N) is 1. The van der Waals surface area contributed by atoms with Crippen molar-refractivity contribution >= 4 is 5.91 Å². The van der Waals surface area contributed by atoms with Crippen molar-refractivity contribution in [3.63, 3.8) is 0 Å². The quantitative estimate of drug-likeness (QED) is 0.848. The Kier molecular flexibility index (Phi) is 5.24. The summed E-state index contributed by atoms with van der Waals surface area (Å²) in [7, 11) is 3.10. The van der Waals surface area contributed by atoms with E-state index in [4.69, 9.17) is 9.47 Å². The lowest BCUT2D eigenvalue weighted by Gasteiger charge is -2.38. The largest absolute Gasteiger partial charge is 0.497 e. The van der Waals surface area contributed by atoms with Gasteiger partial charge >= 0.3 is 0 Å². The fourth-order valence-electron chi connectivity index (χ4n) is 3.24. The summed E-state index contributed by atoms with van der Waals surface area (Å²) in [6.07, 6.45) is 1.11. The normalized spacial score (nSPS) is 20.3. The zero-order valence-electron chi connectivity index (χ0n) is 14.4. The number of hydrogen-bond donors (Lipinski definition) is 2. The van der Waals surface area contributed by atoms with Gasteiger partial charge in [0.05, 0.1) is 31.9 Å². The fraction of sp³-hybridized carbons (Fsp3) is 0.350. The van der Waals surface area contributed by atoms with E-state index in [-0.39, 0.29) is 24.0 Å². The number of hydrogen-bond acceptors (Lipinski definition) is 4. The van der Waals surface area contributed by atoms with Crippen molar-refractivity contribution in [1.29, 1.82) is 0 Å². The second-order valence-corrected chi connectivity index (χ2v) is 6.31. The molecule has 0 unspecified atom stereocenters. The Morgan fingerprint density at radius 3 is 2.44 bits per heavy atom. The first-order valence-electron chi connectivity index (χ1n) is 8.38. The Morgan fingerprint density at radius 2 is 1.84 bits per heavy atom. The monoisotopic (exact) mass is 341 g/mol. The van der Waals surface area contributed by atoms with Crippen LogP contribution in [0.15, 0.2) is 48.5 Å². The number of benzene rings is 2. The molecule has 0 radical (unpaired) electrons. The highest BCUT2D eigenvalue weighted by Crippen LogP contribution is 2.38. The lowest BCUT2D eigenvalue weighted by molar-refractivity contribution is 0.0235. The average Bonchev–Trinajstić information content (AvgIpc) is 2.63. The van der Waals surface area contributed by atoms with Gasteiger partial charge in [-0.05, 0) is 36.5 Å².